The lowest BCUT2D eigenvalue weighted by atomic mass is 10.1. The van der Waals surface area contributed by atoms with Gasteiger partial charge in [0.05, 0.1) is 4.90 Å². The first kappa shape index (κ1) is 20.1. The Morgan fingerprint density at radius 1 is 0.929 bits per heavy atom. The average Bonchev–Trinajstić information content (AvgIpc) is 2.68. The Labute approximate surface area is 173 Å². The first-order valence-electron chi connectivity index (χ1n) is 8.50. The summed E-state index contributed by atoms with van der Waals surface area (Å²) >= 11 is 3.30. The molecule has 0 aliphatic rings. The number of nitrogens with one attached hydrogen (secondary N) is 1. The Hall–Kier alpha value is -2.64. The number of hydrogen-bond acceptors (Lipinski definition) is 3. The summed E-state index contributed by atoms with van der Waals surface area (Å²) in [5.74, 6) is 0.389. The topological polar surface area (TPSA) is 78.8 Å². The maximum Gasteiger partial charge on any atom is 0.284 e. The largest absolute Gasteiger partial charge is 0.508 e. The second-order valence-corrected chi connectivity index (χ2v) is 8.76. The third kappa shape index (κ3) is 4.43. The first-order chi connectivity index (χ1) is 13.3. The maximum atomic E-state index is 12.8. The van der Waals surface area contributed by atoms with Crippen molar-refractivity contribution in [1.82, 2.24) is 0 Å². The normalized spacial score (nSPS) is 12.0. The van der Waals surface area contributed by atoms with Gasteiger partial charge >= 0.3 is 0 Å². The van der Waals surface area contributed by atoms with Gasteiger partial charge in [-0.15, -0.1) is 4.40 Å². The molecule has 0 radical (unpaired) electrons. The minimum absolute atomic E-state index is 0.101. The van der Waals surface area contributed by atoms with E-state index >= 15 is 0 Å². The van der Waals surface area contributed by atoms with Crippen LogP contribution < -0.4 is 5.32 Å². The van der Waals surface area contributed by atoms with Crippen LogP contribution in [0.25, 0.3) is 0 Å². The van der Waals surface area contributed by atoms with Gasteiger partial charge in [-0.25, -0.2) is 0 Å². The Balaban J connectivity index is 2.09. The van der Waals surface area contributed by atoms with E-state index < -0.39 is 10.0 Å². The van der Waals surface area contributed by atoms with Crippen molar-refractivity contribution in [3.8, 4) is 5.75 Å². The van der Waals surface area contributed by atoms with Gasteiger partial charge in [-0.2, -0.15) is 8.42 Å². The molecule has 0 atom stereocenters. The zero-order valence-corrected chi connectivity index (χ0v) is 17.8. The van der Waals surface area contributed by atoms with Gasteiger partial charge < -0.3 is 10.4 Å². The SMILES string of the molecule is Cc1c(O)ccc(N/C(=N\S(=O)(=O)c2ccc(Br)cc2)c2ccccc2)c1C. The van der Waals surface area contributed by atoms with Crippen LogP contribution in [0.1, 0.15) is 16.7 Å². The quantitative estimate of drug-likeness (QED) is 0.326. The number of anilines is 1. The minimum atomic E-state index is -3.92. The van der Waals surface area contributed by atoms with E-state index in [2.05, 4.69) is 25.6 Å². The molecule has 2 N–H and O–H groups in total. The van der Waals surface area contributed by atoms with Gasteiger partial charge in [0.25, 0.3) is 10.0 Å². The highest BCUT2D eigenvalue weighted by molar-refractivity contribution is 9.10. The van der Waals surface area contributed by atoms with E-state index in [0.29, 0.717) is 16.8 Å². The van der Waals surface area contributed by atoms with E-state index in [9.17, 15) is 13.5 Å². The Morgan fingerprint density at radius 2 is 1.57 bits per heavy atom. The fourth-order valence-electron chi connectivity index (χ4n) is 2.59. The van der Waals surface area contributed by atoms with Crippen LogP contribution >= 0.6 is 15.9 Å². The number of sulfonamides is 1. The lowest BCUT2D eigenvalue weighted by Gasteiger charge is -2.15. The van der Waals surface area contributed by atoms with E-state index in [4.69, 9.17) is 0 Å². The molecule has 0 fully saturated rings. The van der Waals surface area contributed by atoms with Gasteiger partial charge in [-0.1, -0.05) is 46.3 Å². The molecule has 0 unspecified atom stereocenters. The monoisotopic (exact) mass is 458 g/mol. The van der Waals surface area contributed by atoms with Crippen LogP contribution in [0.2, 0.25) is 0 Å². The third-order valence-corrected chi connectivity index (χ3v) is 6.20. The van der Waals surface area contributed by atoms with Crippen molar-refractivity contribution in [2.75, 3.05) is 5.32 Å². The van der Waals surface area contributed by atoms with E-state index in [1.807, 2.05) is 25.1 Å². The van der Waals surface area contributed by atoms with Crippen molar-refractivity contribution in [2.45, 2.75) is 18.7 Å². The molecule has 3 aromatic rings. The zero-order chi connectivity index (χ0) is 20.3. The second kappa shape index (κ2) is 8.16. The summed E-state index contributed by atoms with van der Waals surface area (Å²) in [5, 5.41) is 13.0. The van der Waals surface area contributed by atoms with Crippen molar-refractivity contribution in [2.24, 2.45) is 4.40 Å². The molecule has 5 nitrogen and oxygen atoms in total. The summed E-state index contributed by atoms with van der Waals surface area (Å²) in [6.45, 7) is 3.65. The average molecular weight is 459 g/mol. The van der Waals surface area contributed by atoms with Crippen LogP contribution in [0, 0.1) is 13.8 Å². The number of phenols is 1. The number of benzene rings is 3. The molecule has 0 heterocycles. The van der Waals surface area contributed by atoms with Gasteiger partial charge in [-0.05, 0) is 61.4 Å². The van der Waals surface area contributed by atoms with Crippen LogP contribution in [0.4, 0.5) is 5.69 Å². The lowest BCUT2D eigenvalue weighted by Crippen LogP contribution is -2.17. The molecule has 0 aromatic heterocycles. The number of phenolic OH excluding ortho intramolecular Hbond substituents is 1. The van der Waals surface area contributed by atoms with Gasteiger partial charge in [0.15, 0.2) is 5.84 Å². The molecule has 3 aromatic carbocycles. The summed E-state index contributed by atoms with van der Waals surface area (Å²) in [6, 6.07) is 18.6. The van der Waals surface area contributed by atoms with Crippen LogP contribution in [0.5, 0.6) is 5.75 Å². The molecular weight excluding hydrogens is 440 g/mol. The van der Waals surface area contributed by atoms with Crippen molar-refractivity contribution in [1.29, 1.82) is 0 Å². The van der Waals surface area contributed by atoms with Crippen molar-refractivity contribution < 1.29 is 13.5 Å². The van der Waals surface area contributed by atoms with Gasteiger partial charge in [0.1, 0.15) is 5.75 Å². The molecule has 28 heavy (non-hydrogen) atoms. The highest BCUT2D eigenvalue weighted by Crippen LogP contribution is 2.27. The van der Waals surface area contributed by atoms with Gasteiger partial charge in [0, 0.05) is 15.7 Å². The summed E-state index contributed by atoms with van der Waals surface area (Å²) in [7, 11) is -3.92. The lowest BCUT2D eigenvalue weighted by molar-refractivity contribution is 0.470. The zero-order valence-electron chi connectivity index (χ0n) is 15.3. The molecule has 7 heteroatoms. The smallest absolute Gasteiger partial charge is 0.284 e. The molecular formula is C21H19BrN2O3S. The standard InChI is InChI=1S/C21H19BrN2O3S/c1-14-15(2)20(25)13-12-19(14)23-21(16-6-4-3-5-7-16)24-28(26,27)18-10-8-17(22)9-11-18/h3-13,25H,1-2H3,(H,23,24). The molecule has 0 amide bonds. The third-order valence-electron chi connectivity index (χ3n) is 4.38. The Morgan fingerprint density at radius 3 is 2.21 bits per heavy atom. The van der Waals surface area contributed by atoms with Crippen molar-refractivity contribution >= 4 is 37.5 Å². The fourth-order valence-corrected chi connectivity index (χ4v) is 3.83. The minimum Gasteiger partial charge on any atom is -0.508 e. The Kier molecular flexibility index (Phi) is 5.86. The second-order valence-electron chi connectivity index (χ2n) is 6.24. The van der Waals surface area contributed by atoms with Crippen molar-refractivity contribution in [3.63, 3.8) is 0 Å². The molecule has 3 rings (SSSR count). The molecule has 0 aliphatic heterocycles. The number of halogens is 1. The first-order valence-corrected chi connectivity index (χ1v) is 10.7. The molecule has 0 spiro atoms. The molecule has 0 bridgehead atoms. The number of amidine groups is 1. The highest BCUT2D eigenvalue weighted by atomic mass is 79.9. The predicted molar refractivity (Wildman–Crippen MR) is 116 cm³/mol. The number of rotatable bonds is 4. The number of hydrogen-bond donors (Lipinski definition) is 2. The van der Waals surface area contributed by atoms with Gasteiger partial charge in [0.2, 0.25) is 0 Å². The van der Waals surface area contributed by atoms with Gasteiger partial charge in [-0.3, -0.25) is 0 Å². The molecule has 0 saturated carbocycles. The summed E-state index contributed by atoms with van der Waals surface area (Å²) in [6.07, 6.45) is 0. The Bertz CT molecular complexity index is 1130. The summed E-state index contributed by atoms with van der Waals surface area (Å²) in [5.41, 5.74) is 2.83. The molecule has 0 saturated heterocycles. The fraction of sp³-hybridized carbons (Fsp3) is 0.0952. The van der Waals surface area contributed by atoms with Crippen LogP contribution in [-0.4, -0.2) is 19.4 Å². The number of nitrogens with zero attached hydrogens (tertiary/aromatic N) is 1. The van der Waals surface area contributed by atoms with Crippen LogP contribution in [0.3, 0.4) is 0 Å². The molecule has 0 aliphatic carbocycles. The van der Waals surface area contributed by atoms with Crippen LogP contribution in [-0.2, 0) is 10.0 Å². The maximum absolute atomic E-state index is 12.8. The van der Waals surface area contributed by atoms with E-state index in [1.54, 1.807) is 43.3 Å². The van der Waals surface area contributed by atoms with E-state index in [-0.39, 0.29) is 16.5 Å². The van der Waals surface area contributed by atoms with E-state index in [1.165, 1.54) is 12.1 Å². The predicted octanol–water partition coefficient (Wildman–Crippen LogP) is 5.02. The highest BCUT2D eigenvalue weighted by Gasteiger charge is 2.17. The van der Waals surface area contributed by atoms with E-state index in [0.717, 1.165) is 10.0 Å². The van der Waals surface area contributed by atoms with Crippen molar-refractivity contribution in [3.05, 3.63) is 87.9 Å². The van der Waals surface area contributed by atoms with Crippen LogP contribution in [0.15, 0.2) is 80.5 Å². The summed E-state index contributed by atoms with van der Waals surface area (Å²) in [4.78, 5) is 0.101. The molecule has 144 valence electrons. The number of aromatic hydroxyl groups is 1. The summed E-state index contributed by atoms with van der Waals surface area (Å²) < 4.78 is 30.5.